The molecular formula is C24H32N2O5S. The molecule has 1 aliphatic rings. The van der Waals surface area contributed by atoms with Gasteiger partial charge in [-0.1, -0.05) is 19.9 Å². The summed E-state index contributed by atoms with van der Waals surface area (Å²) >= 11 is 0. The highest BCUT2D eigenvalue weighted by Gasteiger charge is 2.32. The van der Waals surface area contributed by atoms with Gasteiger partial charge in [-0.25, -0.2) is 8.42 Å². The normalized spacial score (nSPS) is 19.4. The Bertz CT molecular complexity index is 1040. The van der Waals surface area contributed by atoms with Gasteiger partial charge in [-0.3, -0.25) is 4.79 Å². The summed E-state index contributed by atoms with van der Waals surface area (Å²) in [6.07, 6.45) is 1.01. The Labute approximate surface area is 190 Å². The van der Waals surface area contributed by atoms with Gasteiger partial charge in [0.15, 0.2) is 11.5 Å². The molecule has 8 heteroatoms. The lowest BCUT2D eigenvalue weighted by Gasteiger charge is -2.34. The molecule has 1 heterocycles. The molecule has 0 radical (unpaired) electrons. The zero-order valence-electron chi connectivity index (χ0n) is 19.1. The Morgan fingerprint density at radius 2 is 1.66 bits per heavy atom. The van der Waals surface area contributed by atoms with E-state index in [1.807, 2.05) is 13.8 Å². The number of benzene rings is 2. The van der Waals surface area contributed by atoms with E-state index >= 15 is 0 Å². The Hall–Kier alpha value is -2.58. The third-order valence-electron chi connectivity index (χ3n) is 5.37. The third kappa shape index (κ3) is 5.61. The number of amides is 1. The largest absolute Gasteiger partial charge is 0.490 e. The summed E-state index contributed by atoms with van der Waals surface area (Å²) in [5.74, 6) is 1.36. The van der Waals surface area contributed by atoms with Crippen LogP contribution in [0.2, 0.25) is 0 Å². The van der Waals surface area contributed by atoms with Crippen molar-refractivity contribution in [2.75, 3.05) is 31.6 Å². The van der Waals surface area contributed by atoms with Crippen molar-refractivity contribution >= 4 is 21.6 Å². The van der Waals surface area contributed by atoms with Crippen molar-refractivity contribution in [2.45, 2.75) is 39.0 Å². The second kappa shape index (κ2) is 10.4. The molecule has 0 aromatic heterocycles. The van der Waals surface area contributed by atoms with Gasteiger partial charge in [0.25, 0.3) is 5.91 Å². The van der Waals surface area contributed by atoms with Crippen LogP contribution in [0.3, 0.4) is 0 Å². The van der Waals surface area contributed by atoms with Gasteiger partial charge in [0, 0.05) is 30.4 Å². The first-order valence-electron chi connectivity index (χ1n) is 11.1. The van der Waals surface area contributed by atoms with E-state index in [9.17, 15) is 13.2 Å². The minimum Gasteiger partial charge on any atom is -0.490 e. The molecule has 1 fully saturated rings. The van der Waals surface area contributed by atoms with Crippen molar-refractivity contribution in [1.82, 2.24) is 4.31 Å². The Morgan fingerprint density at radius 3 is 2.31 bits per heavy atom. The first-order valence-corrected chi connectivity index (χ1v) is 12.5. The summed E-state index contributed by atoms with van der Waals surface area (Å²) < 4.78 is 39.1. The van der Waals surface area contributed by atoms with Crippen LogP contribution in [0.15, 0.2) is 47.4 Å². The Balaban J connectivity index is 1.80. The summed E-state index contributed by atoms with van der Waals surface area (Å²) in [6, 6.07) is 11.3. The molecule has 1 N–H and O–H groups in total. The van der Waals surface area contributed by atoms with Gasteiger partial charge in [-0.05, 0) is 62.4 Å². The second-order valence-corrected chi connectivity index (χ2v) is 10.2. The standard InChI is InChI=1S/C24H32N2O5S/c1-5-30-22-11-10-20(14-23(22)31-6-2)25-24(27)19-8-7-9-21(13-19)32(28,29)26-15-17(3)12-18(4)16-26/h7-11,13-14,17-18H,5-6,12,15-16H2,1-4H3,(H,25,27). The molecule has 2 atom stereocenters. The molecule has 0 spiro atoms. The van der Waals surface area contributed by atoms with E-state index in [1.165, 1.54) is 10.4 Å². The highest BCUT2D eigenvalue weighted by Crippen LogP contribution is 2.31. The number of ether oxygens (including phenoxy) is 2. The molecule has 2 aromatic rings. The maximum Gasteiger partial charge on any atom is 0.255 e. The highest BCUT2D eigenvalue weighted by molar-refractivity contribution is 7.89. The highest BCUT2D eigenvalue weighted by atomic mass is 32.2. The Morgan fingerprint density at radius 1 is 1.00 bits per heavy atom. The molecule has 1 aliphatic heterocycles. The average Bonchev–Trinajstić information content (AvgIpc) is 2.75. The lowest BCUT2D eigenvalue weighted by atomic mass is 9.94. The zero-order valence-corrected chi connectivity index (χ0v) is 19.9. The van der Waals surface area contributed by atoms with Crippen molar-refractivity contribution in [3.8, 4) is 11.5 Å². The van der Waals surface area contributed by atoms with E-state index in [0.717, 1.165) is 6.42 Å². The lowest BCUT2D eigenvalue weighted by Crippen LogP contribution is -2.42. The third-order valence-corrected chi connectivity index (χ3v) is 7.20. The summed E-state index contributed by atoms with van der Waals surface area (Å²) in [6.45, 7) is 9.84. The SMILES string of the molecule is CCOc1ccc(NC(=O)c2cccc(S(=O)(=O)N3CC(C)CC(C)C3)c2)cc1OCC. The maximum absolute atomic E-state index is 13.2. The van der Waals surface area contributed by atoms with Gasteiger partial charge < -0.3 is 14.8 Å². The maximum atomic E-state index is 13.2. The summed E-state index contributed by atoms with van der Waals surface area (Å²) in [7, 11) is -3.67. The average molecular weight is 461 g/mol. The molecular weight excluding hydrogens is 428 g/mol. The van der Waals surface area contributed by atoms with Crippen LogP contribution in [0.25, 0.3) is 0 Å². The molecule has 1 amide bonds. The summed E-state index contributed by atoms with van der Waals surface area (Å²) in [4.78, 5) is 13.0. The van der Waals surface area contributed by atoms with E-state index in [2.05, 4.69) is 19.2 Å². The molecule has 2 unspecified atom stereocenters. The van der Waals surface area contributed by atoms with Gasteiger partial charge in [-0.2, -0.15) is 4.31 Å². The van der Waals surface area contributed by atoms with Crippen molar-refractivity contribution < 1.29 is 22.7 Å². The number of nitrogens with one attached hydrogen (secondary N) is 1. The molecule has 7 nitrogen and oxygen atoms in total. The van der Waals surface area contributed by atoms with Crippen LogP contribution in [0, 0.1) is 11.8 Å². The molecule has 32 heavy (non-hydrogen) atoms. The minimum atomic E-state index is -3.67. The van der Waals surface area contributed by atoms with Crippen LogP contribution in [-0.2, 0) is 10.0 Å². The van der Waals surface area contributed by atoms with E-state index in [-0.39, 0.29) is 10.5 Å². The van der Waals surface area contributed by atoms with Gasteiger partial charge in [0.05, 0.1) is 18.1 Å². The van der Waals surface area contributed by atoms with Crippen molar-refractivity contribution in [3.05, 3.63) is 48.0 Å². The van der Waals surface area contributed by atoms with Crippen molar-refractivity contribution in [2.24, 2.45) is 11.8 Å². The fraction of sp³-hybridized carbons (Fsp3) is 0.458. The summed E-state index contributed by atoms with van der Waals surface area (Å²) in [5, 5.41) is 2.82. The van der Waals surface area contributed by atoms with E-state index < -0.39 is 15.9 Å². The number of piperidine rings is 1. The van der Waals surface area contributed by atoms with Crippen LogP contribution >= 0.6 is 0 Å². The quantitative estimate of drug-likeness (QED) is 0.631. The molecule has 174 valence electrons. The topological polar surface area (TPSA) is 84.9 Å². The molecule has 3 rings (SSSR count). The molecule has 1 saturated heterocycles. The van der Waals surface area contributed by atoms with E-state index in [1.54, 1.807) is 36.4 Å². The predicted octanol–water partition coefficient (Wildman–Crippen LogP) is 4.40. The van der Waals surface area contributed by atoms with Crippen LogP contribution < -0.4 is 14.8 Å². The molecule has 0 saturated carbocycles. The lowest BCUT2D eigenvalue weighted by molar-refractivity contribution is 0.102. The number of hydrogen-bond acceptors (Lipinski definition) is 5. The van der Waals surface area contributed by atoms with Crippen LogP contribution in [-0.4, -0.2) is 44.9 Å². The fourth-order valence-corrected chi connectivity index (χ4v) is 5.81. The number of sulfonamides is 1. The first-order chi connectivity index (χ1) is 15.2. The van der Waals surface area contributed by atoms with Crippen LogP contribution in [0.5, 0.6) is 11.5 Å². The minimum absolute atomic E-state index is 0.133. The van der Waals surface area contributed by atoms with Crippen LogP contribution in [0.1, 0.15) is 44.5 Å². The second-order valence-electron chi connectivity index (χ2n) is 8.28. The fourth-order valence-electron chi connectivity index (χ4n) is 4.08. The van der Waals surface area contributed by atoms with Crippen molar-refractivity contribution in [1.29, 1.82) is 0 Å². The van der Waals surface area contributed by atoms with Gasteiger partial charge in [0.1, 0.15) is 0 Å². The smallest absolute Gasteiger partial charge is 0.255 e. The van der Waals surface area contributed by atoms with E-state index in [0.29, 0.717) is 55.3 Å². The summed E-state index contributed by atoms with van der Waals surface area (Å²) in [5.41, 5.74) is 0.810. The number of nitrogens with zero attached hydrogens (tertiary/aromatic N) is 1. The number of carbonyl (C=O) groups excluding carboxylic acids is 1. The van der Waals surface area contributed by atoms with Gasteiger partial charge in [-0.15, -0.1) is 0 Å². The molecule has 0 bridgehead atoms. The number of hydrogen-bond donors (Lipinski definition) is 1. The van der Waals surface area contributed by atoms with E-state index in [4.69, 9.17) is 9.47 Å². The van der Waals surface area contributed by atoms with Gasteiger partial charge in [0.2, 0.25) is 10.0 Å². The molecule has 0 aliphatic carbocycles. The first kappa shape index (κ1) is 24.1. The number of rotatable bonds is 8. The predicted molar refractivity (Wildman–Crippen MR) is 125 cm³/mol. The molecule has 2 aromatic carbocycles. The Kier molecular flexibility index (Phi) is 7.79. The zero-order chi connectivity index (χ0) is 23.3. The van der Waals surface area contributed by atoms with Crippen molar-refractivity contribution in [3.63, 3.8) is 0 Å². The van der Waals surface area contributed by atoms with Gasteiger partial charge >= 0.3 is 0 Å². The number of anilines is 1. The van der Waals surface area contributed by atoms with Crippen LogP contribution in [0.4, 0.5) is 5.69 Å². The number of carbonyl (C=O) groups is 1. The monoisotopic (exact) mass is 460 g/mol.